The Morgan fingerprint density at radius 1 is 1.22 bits per heavy atom. The van der Waals surface area contributed by atoms with Gasteiger partial charge in [-0.25, -0.2) is 4.79 Å². The number of nitrogens with zero attached hydrogens (tertiary/aromatic N) is 2. The van der Waals surface area contributed by atoms with Gasteiger partial charge in [-0.15, -0.1) is 0 Å². The van der Waals surface area contributed by atoms with Crippen molar-refractivity contribution in [1.29, 1.82) is 0 Å². The summed E-state index contributed by atoms with van der Waals surface area (Å²) in [4.78, 5) is 30.5. The molecule has 3 rings (SSSR count). The van der Waals surface area contributed by atoms with Gasteiger partial charge in [0.1, 0.15) is 0 Å². The maximum Gasteiger partial charge on any atom is 0.317 e. The van der Waals surface area contributed by atoms with Gasteiger partial charge in [-0.3, -0.25) is 9.78 Å². The predicted molar refractivity (Wildman–Crippen MR) is 104 cm³/mol. The molecular formula is C21H26N4O2. The molecule has 1 unspecified atom stereocenters. The zero-order valence-electron chi connectivity index (χ0n) is 15.6. The van der Waals surface area contributed by atoms with Crippen molar-refractivity contribution in [1.82, 2.24) is 20.5 Å². The van der Waals surface area contributed by atoms with Crippen LogP contribution in [0.3, 0.4) is 0 Å². The van der Waals surface area contributed by atoms with E-state index in [1.54, 1.807) is 12.4 Å². The Kier molecular flexibility index (Phi) is 6.41. The molecule has 1 aromatic carbocycles. The Balaban J connectivity index is 1.64. The third kappa shape index (κ3) is 5.06. The molecular weight excluding hydrogens is 340 g/mol. The van der Waals surface area contributed by atoms with Crippen LogP contribution in [0.5, 0.6) is 0 Å². The molecule has 0 saturated carbocycles. The van der Waals surface area contributed by atoms with Gasteiger partial charge in [-0.2, -0.15) is 0 Å². The second kappa shape index (κ2) is 9.16. The summed E-state index contributed by atoms with van der Waals surface area (Å²) in [6.07, 6.45) is 5.45. The zero-order valence-corrected chi connectivity index (χ0v) is 15.6. The lowest BCUT2D eigenvalue weighted by Gasteiger charge is -2.33. The first-order chi connectivity index (χ1) is 13.2. The van der Waals surface area contributed by atoms with Crippen molar-refractivity contribution in [2.24, 2.45) is 0 Å². The summed E-state index contributed by atoms with van der Waals surface area (Å²) in [7, 11) is 0. The summed E-state index contributed by atoms with van der Waals surface area (Å²) >= 11 is 0. The first kappa shape index (κ1) is 18.9. The molecule has 0 bridgehead atoms. The maximum absolute atomic E-state index is 12.5. The summed E-state index contributed by atoms with van der Waals surface area (Å²) < 4.78 is 0. The molecule has 1 atom stereocenters. The van der Waals surface area contributed by atoms with Crippen molar-refractivity contribution in [3.05, 3.63) is 65.5 Å². The highest BCUT2D eigenvalue weighted by atomic mass is 16.2. The Hall–Kier alpha value is -2.89. The SMILES string of the molecule is CCNC(=O)N1CCCC(c2cccc(C(=O)NCc3cccnc3)c2)C1. The third-order valence-corrected chi connectivity index (χ3v) is 4.83. The number of aromatic nitrogens is 1. The van der Waals surface area contributed by atoms with Gasteiger partial charge in [-0.05, 0) is 49.1 Å². The minimum Gasteiger partial charge on any atom is -0.348 e. The molecule has 0 aliphatic carbocycles. The van der Waals surface area contributed by atoms with Crippen LogP contribution >= 0.6 is 0 Å². The largest absolute Gasteiger partial charge is 0.348 e. The van der Waals surface area contributed by atoms with Gasteiger partial charge in [0.2, 0.25) is 0 Å². The highest BCUT2D eigenvalue weighted by molar-refractivity contribution is 5.94. The molecule has 1 saturated heterocycles. The Bertz CT molecular complexity index is 779. The van der Waals surface area contributed by atoms with Crippen molar-refractivity contribution >= 4 is 11.9 Å². The van der Waals surface area contributed by atoms with Crippen LogP contribution in [0, 0.1) is 0 Å². The zero-order chi connectivity index (χ0) is 19.1. The number of piperidine rings is 1. The molecule has 2 heterocycles. The molecule has 3 amide bonds. The minimum atomic E-state index is -0.0999. The molecule has 1 aromatic heterocycles. The van der Waals surface area contributed by atoms with Gasteiger partial charge in [0.05, 0.1) is 0 Å². The van der Waals surface area contributed by atoms with Gasteiger partial charge in [0.25, 0.3) is 5.91 Å². The van der Waals surface area contributed by atoms with E-state index in [-0.39, 0.29) is 17.9 Å². The van der Waals surface area contributed by atoms with Gasteiger partial charge >= 0.3 is 6.03 Å². The van der Waals surface area contributed by atoms with Gasteiger partial charge in [-0.1, -0.05) is 18.2 Å². The first-order valence-electron chi connectivity index (χ1n) is 9.47. The molecule has 0 spiro atoms. The lowest BCUT2D eigenvalue weighted by atomic mass is 9.89. The third-order valence-electron chi connectivity index (χ3n) is 4.83. The van der Waals surface area contributed by atoms with E-state index < -0.39 is 0 Å². The lowest BCUT2D eigenvalue weighted by molar-refractivity contribution is 0.0950. The van der Waals surface area contributed by atoms with E-state index in [9.17, 15) is 9.59 Å². The summed E-state index contributed by atoms with van der Waals surface area (Å²) in [5.41, 5.74) is 2.72. The monoisotopic (exact) mass is 366 g/mol. The van der Waals surface area contributed by atoms with Crippen LogP contribution < -0.4 is 10.6 Å². The Labute approximate surface area is 160 Å². The number of likely N-dealkylation sites (tertiary alicyclic amines) is 1. The number of hydrogen-bond acceptors (Lipinski definition) is 3. The normalized spacial score (nSPS) is 16.6. The predicted octanol–water partition coefficient (Wildman–Crippen LogP) is 2.92. The average molecular weight is 366 g/mol. The number of hydrogen-bond donors (Lipinski definition) is 2. The minimum absolute atomic E-state index is 0.00688. The fraction of sp³-hybridized carbons (Fsp3) is 0.381. The topological polar surface area (TPSA) is 74.3 Å². The number of rotatable bonds is 5. The molecule has 0 radical (unpaired) electrons. The van der Waals surface area contributed by atoms with E-state index in [1.807, 2.05) is 48.2 Å². The van der Waals surface area contributed by atoms with Crippen LogP contribution in [0.1, 0.15) is 47.2 Å². The van der Waals surface area contributed by atoms with Gasteiger partial charge in [0.15, 0.2) is 0 Å². The fourth-order valence-electron chi connectivity index (χ4n) is 3.42. The number of amides is 3. The number of carbonyl (C=O) groups is 2. The van der Waals surface area contributed by atoms with E-state index >= 15 is 0 Å². The molecule has 1 fully saturated rings. The van der Waals surface area contributed by atoms with Crippen molar-refractivity contribution in [3.63, 3.8) is 0 Å². The van der Waals surface area contributed by atoms with Gasteiger partial charge < -0.3 is 15.5 Å². The molecule has 6 heteroatoms. The Morgan fingerprint density at radius 2 is 2.11 bits per heavy atom. The van der Waals surface area contributed by atoms with Crippen LogP contribution in [-0.2, 0) is 6.54 Å². The highest BCUT2D eigenvalue weighted by Gasteiger charge is 2.24. The molecule has 6 nitrogen and oxygen atoms in total. The standard InChI is InChI=1S/C21H26N4O2/c1-2-23-21(27)25-11-5-9-19(15-25)17-7-3-8-18(12-17)20(26)24-14-16-6-4-10-22-13-16/h3-4,6-8,10,12-13,19H,2,5,9,11,14-15H2,1H3,(H,23,27)(H,24,26). The highest BCUT2D eigenvalue weighted by Crippen LogP contribution is 2.27. The van der Waals surface area contributed by atoms with Gasteiger partial charge in [0, 0.05) is 50.1 Å². The average Bonchev–Trinajstić information content (AvgIpc) is 2.73. The molecule has 1 aliphatic heterocycles. The van der Waals surface area contributed by atoms with E-state index in [1.165, 1.54) is 0 Å². The van der Waals surface area contributed by atoms with E-state index in [0.29, 0.717) is 25.2 Å². The smallest absolute Gasteiger partial charge is 0.317 e. The van der Waals surface area contributed by atoms with Crippen LogP contribution in [-0.4, -0.2) is 41.5 Å². The van der Waals surface area contributed by atoms with Crippen molar-refractivity contribution in [3.8, 4) is 0 Å². The number of nitrogens with one attached hydrogen (secondary N) is 2. The summed E-state index contributed by atoms with van der Waals surface area (Å²) in [5, 5.41) is 5.80. The molecule has 142 valence electrons. The summed E-state index contributed by atoms with van der Waals surface area (Å²) in [6.45, 7) is 4.48. The second-order valence-corrected chi connectivity index (χ2v) is 6.79. The molecule has 1 aliphatic rings. The van der Waals surface area contributed by atoms with Crippen LogP contribution in [0.25, 0.3) is 0 Å². The quantitative estimate of drug-likeness (QED) is 0.854. The molecule has 27 heavy (non-hydrogen) atoms. The lowest BCUT2D eigenvalue weighted by Crippen LogP contribution is -2.44. The number of carbonyl (C=O) groups excluding carboxylic acids is 2. The van der Waals surface area contributed by atoms with Crippen molar-refractivity contribution in [2.75, 3.05) is 19.6 Å². The number of benzene rings is 1. The van der Waals surface area contributed by atoms with Crippen LogP contribution in [0.4, 0.5) is 4.79 Å². The van der Waals surface area contributed by atoms with Crippen molar-refractivity contribution in [2.45, 2.75) is 32.2 Å². The molecule has 2 N–H and O–H groups in total. The van der Waals surface area contributed by atoms with Crippen LogP contribution in [0.15, 0.2) is 48.8 Å². The summed E-state index contributed by atoms with van der Waals surface area (Å²) in [6, 6.07) is 11.5. The van der Waals surface area contributed by atoms with Crippen molar-refractivity contribution < 1.29 is 9.59 Å². The summed E-state index contributed by atoms with van der Waals surface area (Å²) in [5.74, 6) is 0.157. The fourth-order valence-corrected chi connectivity index (χ4v) is 3.42. The number of pyridine rings is 1. The molecule has 2 aromatic rings. The maximum atomic E-state index is 12.5. The number of urea groups is 1. The van der Waals surface area contributed by atoms with E-state index in [2.05, 4.69) is 15.6 Å². The van der Waals surface area contributed by atoms with E-state index in [0.717, 1.165) is 30.5 Å². The first-order valence-corrected chi connectivity index (χ1v) is 9.47. The second-order valence-electron chi connectivity index (χ2n) is 6.79. The van der Waals surface area contributed by atoms with E-state index in [4.69, 9.17) is 0 Å². The van der Waals surface area contributed by atoms with Crippen LogP contribution in [0.2, 0.25) is 0 Å². The Morgan fingerprint density at radius 3 is 2.89 bits per heavy atom.